The van der Waals surface area contributed by atoms with Crippen molar-refractivity contribution < 1.29 is 14.1 Å². The lowest BCUT2D eigenvalue weighted by atomic mass is 10.1. The molecule has 3 atom stereocenters. The first-order chi connectivity index (χ1) is 9.02. The van der Waals surface area contributed by atoms with Crippen LogP contribution in [-0.2, 0) is 10.8 Å². The Kier molecular flexibility index (Phi) is 7.05. The first-order valence-corrected chi connectivity index (χ1v) is 8.11. The van der Waals surface area contributed by atoms with Crippen LogP contribution in [0.3, 0.4) is 0 Å². The molecule has 0 spiro atoms. The van der Waals surface area contributed by atoms with Gasteiger partial charge < -0.3 is 15.2 Å². The Morgan fingerprint density at radius 3 is 2.53 bits per heavy atom. The maximum Gasteiger partial charge on any atom is 0.118 e. The highest BCUT2D eigenvalue weighted by atomic mass is 32.2. The van der Waals surface area contributed by atoms with Gasteiger partial charge in [0.2, 0.25) is 0 Å². The Balaban J connectivity index is 2.37. The predicted molar refractivity (Wildman–Crippen MR) is 79.0 cm³/mol. The van der Waals surface area contributed by atoms with Gasteiger partial charge in [-0.1, -0.05) is 12.1 Å². The van der Waals surface area contributed by atoms with Crippen molar-refractivity contribution in [2.75, 3.05) is 25.7 Å². The van der Waals surface area contributed by atoms with Gasteiger partial charge in [-0.2, -0.15) is 0 Å². The van der Waals surface area contributed by atoms with E-state index in [9.17, 15) is 9.32 Å². The summed E-state index contributed by atoms with van der Waals surface area (Å²) in [5, 5.41) is 13.3. The lowest BCUT2D eigenvalue weighted by Crippen LogP contribution is -2.31. The number of nitrogens with one attached hydrogen (secondary N) is 1. The summed E-state index contributed by atoms with van der Waals surface area (Å²) in [6.07, 6.45) is 2.01. The minimum atomic E-state index is -0.757. The van der Waals surface area contributed by atoms with Gasteiger partial charge in [0, 0.05) is 35.4 Å². The Morgan fingerprint density at radius 1 is 1.37 bits per heavy atom. The average molecular weight is 285 g/mol. The number of hydrogen-bond donors (Lipinski definition) is 2. The van der Waals surface area contributed by atoms with E-state index in [1.54, 1.807) is 13.4 Å². The van der Waals surface area contributed by atoms with Gasteiger partial charge in [-0.3, -0.25) is 4.21 Å². The van der Waals surface area contributed by atoms with Crippen molar-refractivity contribution in [3.8, 4) is 5.75 Å². The van der Waals surface area contributed by atoms with Crippen LogP contribution in [-0.4, -0.2) is 41.0 Å². The second kappa shape index (κ2) is 8.30. The fourth-order valence-electron chi connectivity index (χ4n) is 1.70. The van der Waals surface area contributed by atoms with Crippen LogP contribution in [0.4, 0.5) is 0 Å². The van der Waals surface area contributed by atoms with E-state index in [1.165, 1.54) is 0 Å². The summed E-state index contributed by atoms with van der Waals surface area (Å²) in [7, 11) is 0.861. The SMILES string of the molecule is COc1ccc(C(O)CNC(C)CCS(C)=O)cc1. The highest BCUT2D eigenvalue weighted by Gasteiger charge is 2.09. The third-order valence-electron chi connectivity index (χ3n) is 3.00. The van der Waals surface area contributed by atoms with Crippen molar-refractivity contribution in [2.24, 2.45) is 0 Å². The summed E-state index contributed by atoms with van der Waals surface area (Å²) in [4.78, 5) is 0. The summed E-state index contributed by atoms with van der Waals surface area (Å²) in [5.41, 5.74) is 0.861. The fourth-order valence-corrected chi connectivity index (χ4v) is 2.39. The molecule has 1 rings (SSSR count). The van der Waals surface area contributed by atoms with E-state index in [0.29, 0.717) is 12.3 Å². The van der Waals surface area contributed by atoms with Crippen LogP contribution >= 0.6 is 0 Å². The van der Waals surface area contributed by atoms with Gasteiger partial charge in [0.15, 0.2) is 0 Å². The van der Waals surface area contributed by atoms with Crippen LogP contribution in [0.2, 0.25) is 0 Å². The monoisotopic (exact) mass is 285 g/mol. The highest BCUT2D eigenvalue weighted by Crippen LogP contribution is 2.17. The molecule has 19 heavy (non-hydrogen) atoms. The predicted octanol–water partition coefficient (Wildman–Crippen LogP) is 1.48. The molecule has 0 saturated heterocycles. The Hall–Kier alpha value is -0.910. The molecule has 0 saturated carbocycles. The van der Waals surface area contributed by atoms with Gasteiger partial charge in [0.05, 0.1) is 13.2 Å². The molecule has 5 heteroatoms. The zero-order chi connectivity index (χ0) is 14.3. The number of benzene rings is 1. The maximum absolute atomic E-state index is 11.0. The molecule has 108 valence electrons. The van der Waals surface area contributed by atoms with E-state index in [0.717, 1.165) is 17.7 Å². The van der Waals surface area contributed by atoms with E-state index in [1.807, 2.05) is 31.2 Å². The number of aliphatic hydroxyl groups excluding tert-OH is 1. The fraction of sp³-hybridized carbons (Fsp3) is 0.571. The second-order valence-corrected chi connectivity index (χ2v) is 6.22. The van der Waals surface area contributed by atoms with Crippen LogP contribution in [0.5, 0.6) is 5.75 Å². The van der Waals surface area contributed by atoms with Crippen LogP contribution in [0.25, 0.3) is 0 Å². The summed E-state index contributed by atoms with van der Waals surface area (Å²) in [6.45, 7) is 2.53. The van der Waals surface area contributed by atoms with Crippen molar-refractivity contribution in [3.05, 3.63) is 29.8 Å². The Labute approximate surface area is 117 Å². The number of hydrogen-bond acceptors (Lipinski definition) is 4. The van der Waals surface area contributed by atoms with Gasteiger partial charge in [-0.25, -0.2) is 0 Å². The largest absolute Gasteiger partial charge is 0.497 e. The number of rotatable bonds is 8. The minimum absolute atomic E-state index is 0.247. The summed E-state index contributed by atoms with van der Waals surface area (Å²) >= 11 is 0. The van der Waals surface area contributed by atoms with Crippen molar-refractivity contribution in [3.63, 3.8) is 0 Å². The number of aliphatic hydroxyl groups is 1. The third kappa shape index (κ3) is 6.18. The summed E-state index contributed by atoms with van der Waals surface area (Å²) < 4.78 is 16.1. The Bertz CT molecular complexity index is 394. The standard InChI is InChI=1S/C14H23NO3S/c1-11(8-9-19(3)17)15-10-14(16)12-4-6-13(18-2)7-5-12/h4-7,11,14-16H,8-10H2,1-3H3. The van der Waals surface area contributed by atoms with E-state index < -0.39 is 16.9 Å². The highest BCUT2D eigenvalue weighted by molar-refractivity contribution is 7.84. The van der Waals surface area contributed by atoms with E-state index in [-0.39, 0.29) is 6.04 Å². The van der Waals surface area contributed by atoms with Gasteiger partial charge in [-0.05, 0) is 31.0 Å². The molecule has 2 N–H and O–H groups in total. The molecular weight excluding hydrogens is 262 g/mol. The second-order valence-electron chi connectivity index (χ2n) is 4.66. The zero-order valence-electron chi connectivity index (χ0n) is 11.8. The molecule has 0 aromatic heterocycles. The van der Waals surface area contributed by atoms with Crippen molar-refractivity contribution in [1.29, 1.82) is 0 Å². The van der Waals surface area contributed by atoms with Gasteiger partial charge in [-0.15, -0.1) is 0 Å². The van der Waals surface area contributed by atoms with Crippen LogP contribution in [0, 0.1) is 0 Å². The van der Waals surface area contributed by atoms with Crippen molar-refractivity contribution >= 4 is 10.8 Å². The lowest BCUT2D eigenvalue weighted by molar-refractivity contribution is 0.170. The summed E-state index contributed by atoms with van der Waals surface area (Å²) in [6, 6.07) is 7.63. The molecule has 0 amide bonds. The van der Waals surface area contributed by atoms with Crippen LogP contribution < -0.4 is 10.1 Å². The number of ether oxygens (including phenoxy) is 1. The molecule has 3 unspecified atom stereocenters. The topological polar surface area (TPSA) is 58.6 Å². The van der Waals surface area contributed by atoms with E-state index in [4.69, 9.17) is 4.74 Å². The van der Waals surface area contributed by atoms with Gasteiger partial charge in [0.25, 0.3) is 0 Å². The molecule has 0 aliphatic carbocycles. The number of methoxy groups -OCH3 is 1. The van der Waals surface area contributed by atoms with Crippen LogP contribution in [0.15, 0.2) is 24.3 Å². The third-order valence-corrected chi connectivity index (χ3v) is 3.81. The Morgan fingerprint density at radius 2 is 2.00 bits per heavy atom. The van der Waals surface area contributed by atoms with Crippen LogP contribution in [0.1, 0.15) is 25.0 Å². The normalized spacial score (nSPS) is 15.8. The molecule has 0 bridgehead atoms. The van der Waals surface area contributed by atoms with Crippen molar-refractivity contribution in [2.45, 2.75) is 25.5 Å². The molecule has 0 aliphatic rings. The molecule has 1 aromatic rings. The van der Waals surface area contributed by atoms with Gasteiger partial charge in [0.1, 0.15) is 5.75 Å². The van der Waals surface area contributed by atoms with E-state index >= 15 is 0 Å². The molecule has 1 aromatic carbocycles. The molecule has 0 heterocycles. The lowest BCUT2D eigenvalue weighted by Gasteiger charge is -2.17. The first-order valence-electron chi connectivity index (χ1n) is 6.38. The molecule has 0 fully saturated rings. The smallest absolute Gasteiger partial charge is 0.118 e. The molecule has 0 radical (unpaired) electrons. The quantitative estimate of drug-likeness (QED) is 0.759. The summed E-state index contributed by atoms with van der Waals surface area (Å²) in [5.74, 6) is 1.47. The average Bonchev–Trinajstić information content (AvgIpc) is 2.42. The minimum Gasteiger partial charge on any atom is -0.497 e. The first kappa shape index (κ1) is 16.1. The zero-order valence-corrected chi connectivity index (χ0v) is 12.6. The van der Waals surface area contributed by atoms with E-state index in [2.05, 4.69) is 5.32 Å². The molecule has 4 nitrogen and oxygen atoms in total. The maximum atomic E-state index is 11.0. The molecule has 0 aliphatic heterocycles. The van der Waals surface area contributed by atoms with Crippen molar-refractivity contribution in [1.82, 2.24) is 5.32 Å². The molecular formula is C14H23NO3S. The van der Waals surface area contributed by atoms with Gasteiger partial charge >= 0.3 is 0 Å².